The van der Waals surface area contributed by atoms with Gasteiger partial charge in [0, 0.05) is 12.7 Å². The van der Waals surface area contributed by atoms with E-state index in [0.29, 0.717) is 6.61 Å². The Morgan fingerprint density at radius 2 is 2.22 bits per heavy atom. The zero-order valence-corrected chi connectivity index (χ0v) is 11.3. The first-order chi connectivity index (χ1) is 8.90. The van der Waals surface area contributed by atoms with Crippen molar-refractivity contribution >= 4 is 5.82 Å². The molecule has 0 unspecified atom stereocenters. The second kappa shape index (κ2) is 7.24. The maximum atomic E-state index is 5.54. The van der Waals surface area contributed by atoms with Crippen LogP contribution in [0, 0.1) is 5.92 Å². The van der Waals surface area contributed by atoms with Gasteiger partial charge in [0.05, 0.1) is 6.61 Å². The van der Waals surface area contributed by atoms with E-state index >= 15 is 0 Å². The van der Waals surface area contributed by atoms with Crippen LogP contribution in [0.1, 0.15) is 45.4 Å². The summed E-state index contributed by atoms with van der Waals surface area (Å²) in [6, 6.07) is 3.88. The number of nitrogens with zero attached hydrogens (tertiary/aromatic N) is 1. The Bertz CT molecular complexity index is 348. The molecule has 0 spiro atoms. The van der Waals surface area contributed by atoms with Gasteiger partial charge in [0.15, 0.2) is 11.6 Å². The first-order valence-electron chi connectivity index (χ1n) is 7.22. The fourth-order valence-corrected chi connectivity index (χ4v) is 2.69. The molecule has 3 heteroatoms. The number of hydrogen-bond donors (Lipinski definition) is 1. The third-order valence-corrected chi connectivity index (χ3v) is 3.63. The largest absolute Gasteiger partial charge is 0.490 e. The molecule has 1 fully saturated rings. The van der Waals surface area contributed by atoms with Crippen molar-refractivity contribution in [3.8, 4) is 5.75 Å². The highest BCUT2D eigenvalue weighted by Crippen LogP contribution is 2.28. The number of aromatic nitrogens is 1. The summed E-state index contributed by atoms with van der Waals surface area (Å²) in [7, 11) is 0. The molecule has 18 heavy (non-hydrogen) atoms. The molecule has 0 aliphatic heterocycles. The molecule has 1 aromatic rings. The highest BCUT2D eigenvalue weighted by Gasteiger charge is 2.14. The molecule has 1 heterocycles. The lowest BCUT2D eigenvalue weighted by molar-refractivity contribution is 0.340. The highest BCUT2D eigenvalue weighted by atomic mass is 16.5. The number of anilines is 1. The third kappa shape index (κ3) is 3.90. The Labute approximate surface area is 110 Å². The smallest absolute Gasteiger partial charge is 0.168 e. The zero-order chi connectivity index (χ0) is 12.6. The van der Waals surface area contributed by atoms with Crippen molar-refractivity contribution in [2.24, 2.45) is 5.92 Å². The Morgan fingerprint density at radius 3 is 3.00 bits per heavy atom. The van der Waals surface area contributed by atoms with Crippen LogP contribution in [0.25, 0.3) is 0 Å². The highest BCUT2D eigenvalue weighted by molar-refractivity contribution is 5.49. The number of nitrogens with one attached hydrogen (secondary N) is 1. The molecule has 3 nitrogen and oxygen atoms in total. The van der Waals surface area contributed by atoms with Crippen LogP contribution >= 0.6 is 0 Å². The van der Waals surface area contributed by atoms with Crippen molar-refractivity contribution in [2.45, 2.75) is 45.4 Å². The van der Waals surface area contributed by atoms with Gasteiger partial charge in [-0.25, -0.2) is 4.98 Å². The summed E-state index contributed by atoms with van der Waals surface area (Å²) in [5, 5.41) is 3.39. The lowest BCUT2D eigenvalue weighted by Gasteiger charge is -2.12. The molecular formula is C15H24N2O. The molecule has 100 valence electrons. The summed E-state index contributed by atoms with van der Waals surface area (Å²) in [6.45, 7) is 3.67. The lowest BCUT2D eigenvalue weighted by atomic mass is 10.0. The standard InChI is InChI=1S/C15H24N2O/c1-2-18-14-10-6-12-17-15(14)16-11-5-9-13-7-3-4-8-13/h6,10,12-13H,2-5,7-9,11H2,1H3,(H,16,17). The van der Waals surface area contributed by atoms with Gasteiger partial charge >= 0.3 is 0 Å². The minimum atomic E-state index is 0.683. The Balaban J connectivity index is 1.72. The van der Waals surface area contributed by atoms with E-state index in [1.165, 1.54) is 38.5 Å². The lowest BCUT2D eigenvalue weighted by Crippen LogP contribution is -2.07. The van der Waals surface area contributed by atoms with Crippen LogP contribution < -0.4 is 10.1 Å². The summed E-state index contributed by atoms with van der Waals surface area (Å²) < 4.78 is 5.54. The SMILES string of the molecule is CCOc1cccnc1NCCCC1CCCC1. The molecule has 1 N–H and O–H groups in total. The second-order valence-electron chi connectivity index (χ2n) is 5.00. The van der Waals surface area contributed by atoms with E-state index in [9.17, 15) is 0 Å². The maximum absolute atomic E-state index is 5.54. The summed E-state index contributed by atoms with van der Waals surface area (Å²) >= 11 is 0. The number of hydrogen-bond acceptors (Lipinski definition) is 3. The van der Waals surface area contributed by atoms with E-state index in [2.05, 4.69) is 10.3 Å². The monoisotopic (exact) mass is 248 g/mol. The molecule has 0 saturated heterocycles. The van der Waals surface area contributed by atoms with Gasteiger partial charge in [-0.3, -0.25) is 0 Å². The third-order valence-electron chi connectivity index (χ3n) is 3.63. The van der Waals surface area contributed by atoms with Crippen molar-refractivity contribution in [1.29, 1.82) is 0 Å². The molecule has 1 saturated carbocycles. The minimum absolute atomic E-state index is 0.683. The average Bonchev–Trinajstić information content (AvgIpc) is 2.90. The first kappa shape index (κ1) is 13.2. The van der Waals surface area contributed by atoms with Gasteiger partial charge in [-0.05, 0) is 37.8 Å². The minimum Gasteiger partial charge on any atom is -0.490 e. The molecule has 1 aliphatic rings. The number of rotatable bonds is 7. The number of pyridine rings is 1. The molecule has 1 aliphatic carbocycles. The maximum Gasteiger partial charge on any atom is 0.168 e. The van der Waals surface area contributed by atoms with E-state index in [0.717, 1.165) is 24.0 Å². The van der Waals surface area contributed by atoms with Crippen LogP contribution in [0.4, 0.5) is 5.82 Å². The normalized spacial score (nSPS) is 15.8. The van der Waals surface area contributed by atoms with Gasteiger partial charge < -0.3 is 10.1 Å². The van der Waals surface area contributed by atoms with Crippen LogP contribution in [0.15, 0.2) is 18.3 Å². The summed E-state index contributed by atoms with van der Waals surface area (Å²) in [5.74, 6) is 2.72. The predicted molar refractivity (Wildman–Crippen MR) is 75.1 cm³/mol. The van der Waals surface area contributed by atoms with Crippen LogP contribution in [0.3, 0.4) is 0 Å². The summed E-state index contributed by atoms with van der Waals surface area (Å²) in [6.07, 6.45) is 10.1. The molecule has 1 aromatic heterocycles. The number of ether oxygens (including phenoxy) is 1. The Kier molecular flexibility index (Phi) is 5.31. The van der Waals surface area contributed by atoms with E-state index in [4.69, 9.17) is 4.74 Å². The van der Waals surface area contributed by atoms with Crippen molar-refractivity contribution in [3.63, 3.8) is 0 Å². The van der Waals surface area contributed by atoms with Crippen LogP contribution in [-0.2, 0) is 0 Å². The average molecular weight is 248 g/mol. The van der Waals surface area contributed by atoms with Gasteiger partial charge in [-0.15, -0.1) is 0 Å². The van der Waals surface area contributed by atoms with E-state index < -0.39 is 0 Å². The second-order valence-corrected chi connectivity index (χ2v) is 5.00. The fraction of sp³-hybridized carbons (Fsp3) is 0.667. The van der Waals surface area contributed by atoms with Crippen LogP contribution in [-0.4, -0.2) is 18.1 Å². The molecular weight excluding hydrogens is 224 g/mol. The molecule has 0 aromatic carbocycles. The van der Waals surface area contributed by atoms with Gasteiger partial charge in [0.1, 0.15) is 0 Å². The van der Waals surface area contributed by atoms with Crippen molar-refractivity contribution in [2.75, 3.05) is 18.5 Å². The van der Waals surface area contributed by atoms with Gasteiger partial charge in [0.25, 0.3) is 0 Å². The summed E-state index contributed by atoms with van der Waals surface area (Å²) in [5.41, 5.74) is 0. The molecule has 2 rings (SSSR count). The van der Waals surface area contributed by atoms with Crippen molar-refractivity contribution < 1.29 is 4.74 Å². The van der Waals surface area contributed by atoms with Crippen LogP contribution in [0.5, 0.6) is 5.75 Å². The molecule has 0 amide bonds. The Hall–Kier alpha value is -1.25. The summed E-state index contributed by atoms with van der Waals surface area (Å²) in [4.78, 5) is 4.33. The quantitative estimate of drug-likeness (QED) is 0.744. The molecule has 0 bridgehead atoms. The van der Waals surface area contributed by atoms with E-state index in [1.54, 1.807) is 0 Å². The zero-order valence-electron chi connectivity index (χ0n) is 11.3. The molecule has 0 atom stereocenters. The predicted octanol–water partition coefficient (Wildman–Crippen LogP) is 3.86. The Morgan fingerprint density at radius 1 is 1.39 bits per heavy atom. The molecule has 0 radical (unpaired) electrons. The van der Waals surface area contributed by atoms with Crippen molar-refractivity contribution in [1.82, 2.24) is 4.98 Å². The first-order valence-corrected chi connectivity index (χ1v) is 7.22. The van der Waals surface area contributed by atoms with Crippen molar-refractivity contribution in [3.05, 3.63) is 18.3 Å². The van der Waals surface area contributed by atoms with Gasteiger partial charge in [-0.1, -0.05) is 25.7 Å². The topological polar surface area (TPSA) is 34.1 Å². The fourth-order valence-electron chi connectivity index (χ4n) is 2.69. The van der Waals surface area contributed by atoms with E-state index in [-0.39, 0.29) is 0 Å². The van der Waals surface area contributed by atoms with Gasteiger partial charge in [0.2, 0.25) is 0 Å². The van der Waals surface area contributed by atoms with Crippen LogP contribution in [0.2, 0.25) is 0 Å². The van der Waals surface area contributed by atoms with E-state index in [1.807, 2.05) is 25.3 Å². The van der Waals surface area contributed by atoms with Gasteiger partial charge in [-0.2, -0.15) is 0 Å².